The molecule has 0 spiro atoms. The van der Waals surface area contributed by atoms with Crippen LogP contribution in [-0.4, -0.2) is 39.1 Å². The van der Waals surface area contributed by atoms with Gasteiger partial charge in [-0.3, -0.25) is 0 Å². The van der Waals surface area contributed by atoms with Crippen molar-refractivity contribution in [3.8, 4) is 11.8 Å². The van der Waals surface area contributed by atoms with Crippen LogP contribution in [0.4, 0.5) is 4.39 Å². The summed E-state index contributed by atoms with van der Waals surface area (Å²) in [4.78, 5) is 3.42. The van der Waals surface area contributed by atoms with E-state index in [4.69, 9.17) is 14.7 Å². The maximum absolute atomic E-state index is 13.4. The van der Waals surface area contributed by atoms with E-state index in [1.165, 1.54) is 27.8 Å². The monoisotopic (exact) mass is 621 g/mol. The van der Waals surface area contributed by atoms with Crippen molar-refractivity contribution in [1.82, 2.24) is 10.2 Å². The Bertz CT molecular complexity index is 1710. The van der Waals surface area contributed by atoms with Gasteiger partial charge in [-0.05, 0) is 111 Å². The normalized spacial score (nSPS) is 16.1. The molecule has 0 radical (unpaired) electrons. The molecule has 1 aromatic heterocycles. The van der Waals surface area contributed by atoms with Gasteiger partial charge in [-0.15, -0.1) is 11.3 Å². The second-order valence-corrected chi connectivity index (χ2v) is 12.5. The third-order valence-electron chi connectivity index (χ3n) is 8.12. The Labute approximate surface area is 269 Å². The van der Waals surface area contributed by atoms with E-state index in [1.807, 2.05) is 39.3 Å². The molecule has 0 amide bonds. The fraction of sp³-hybridized carbons (Fsp3) is 0.289. The highest BCUT2D eigenvalue weighted by Gasteiger charge is 2.41. The van der Waals surface area contributed by atoms with Gasteiger partial charge in [0.15, 0.2) is 0 Å². The molecule has 5 aromatic rings. The first-order valence-electron chi connectivity index (χ1n) is 15.3. The van der Waals surface area contributed by atoms with Gasteiger partial charge >= 0.3 is 0 Å². The van der Waals surface area contributed by atoms with E-state index in [-0.39, 0.29) is 11.9 Å². The van der Waals surface area contributed by atoms with Crippen molar-refractivity contribution >= 4 is 22.1 Å². The number of nitrogens with zero attached hydrogens (tertiary/aromatic N) is 2. The number of hydrogen-bond acceptors (Lipinski definition) is 6. The number of halogens is 1. The van der Waals surface area contributed by atoms with Crippen molar-refractivity contribution in [1.29, 1.82) is 5.26 Å². The molecule has 6 rings (SSSR count). The predicted molar refractivity (Wildman–Crippen MR) is 181 cm³/mol. The summed E-state index contributed by atoms with van der Waals surface area (Å²) in [6, 6.07) is 33.3. The van der Waals surface area contributed by atoms with Crippen LogP contribution in [0.5, 0.6) is 5.75 Å². The van der Waals surface area contributed by atoms with Crippen LogP contribution < -0.4 is 10.1 Å². The van der Waals surface area contributed by atoms with Crippen LogP contribution in [0.15, 0.2) is 102 Å². The number of rotatable bonds is 11. The minimum absolute atomic E-state index is 0.100. The minimum Gasteiger partial charge on any atom is -0.484 e. The lowest BCUT2D eigenvalue weighted by atomic mass is 9.81. The van der Waals surface area contributed by atoms with Crippen LogP contribution in [0.25, 0.3) is 10.8 Å². The SMILES string of the molecule is CN(C)CCCC1(c2ccc(F)cc2)OCc2cc(C#N)ccc21.CNCC[C@H](Oc1cccc2ccccc12)c1cccs1. The van der Waals surface area contributed by atoms with Crippen molar-refractivity contribution < 1.29 is 13.9 Å². The molecule has 0 aliphatic carbocycles. The molecule has 1 N–H and O–H groups in total. The molecule has 2 atom stereocenters. The Morgan fingerprint density at radius 2 is 1.82 bits per heavy atom. The summed E-state index contributed by atoms with van der Waals surface area (Å²) in [5.74, 6) is 0.711. The number of fused-ring (bicyclic) bond motifs is 2. The molecular formula is C38H40FN3O2S. The van der Waals surface area contributed by atoms with Crippen molar-refractivity contribution in [3.05, 3.63) is 135 Å². The molecule has 232 valence electrons. The van der Waals surface area contributed by atoms with Gasteiger partial charge in [-0.2, -0.15) is 5.26 Å². The number of benzene rings is 4. The summed E-state index contributed by atoms with van der Waals surface area (Å²) >= 11 is 1.75. The summed E-state index contributed by atoms with van der Waals surface area (Å²) in [7, 11) is 6.07. The van der Waals surface area contributed by atoms with Gasteiger partial charge < -0.3 is 19.7 Å². The fourth-order valence-electron chi connectivity index (χ4n) is 5.87. The maximum atomic E-state index is 13.4. The molecule has 5 nitrogen and oxygen atoms in total. The Balaban J connectivity index is 0.000000179. The molecule has 0 bridgehead atoms. The van der Waals surface area contributed by atoms with Gasteiger partial charge in [0.05, 0.1) is 18.2 Å². The Morgan fingerprint density at radius 3 is 2.56 bits per heavy atom. The number of hydrogen-bond donors (Lipinski definition) is 1. The number of ether oxygens (including phenoxy) is 2. The topological polar surface area (TPSA) is 57.5 Å². The summed E-state index contributed by atoms with van der Waals surface area (Å²) in [5.41, 5.74) is 3.18. The number of nitriles is 1. The molecule has 7 heteroatoms. The molecular weight excluding hydrogens is 582 g/mol. The third-order valence-corrected chi connectivity index (χ3v) is 9.09. The highest BCUT2D eigenvalue weighted by molar-refractivity contribution is 7.10. The largest absolute Gasteiger partial charge is 0.484 e. The van der Waals surface area contributed by atoms with E-state index in [0.717, 1.165) is 54.8 Å². The quantitative estimate of drug-likeness (QED) is 0.160. The summed E-state index contributed by atoms with van der Waals surface area (Å²) < 4.78 is 26.0. The fourth-order valence-corrected chi connectivity index (χ4v) is 6.66. The predicted octanol–water partition coefficient (Wildman–Crippen LogP) is 8.44. The molecule has 2 heterocycles. The zero-order chi connectivity index (χ0) is 31.6. The lowest BCUT2D eigenvalue weighted by Crippen LogP contribution is -2.28. The number of nitrogens with one attached hydrogen (secondary N) is 1. The van der Waals surface area contributed by atoms with E-state index in [0.29, 0.717) is 12.2 Å². The van der Waals surface area contributed by atoms with Gasteiger partial charge in [0, 0.05) is 16.7 Å². The molecule has 45 heavy (non-hydrogen) atoms. The average Bonchev–Trinajstić information content (AvgIpc) is 3.73. The second kappa shape index (κ2) is 15.3. The van der Waals surface area contributed by atoms with Gasteiger partial charge in [-0.1, -0.05) is 60.7 Å². The van der Waals surface area contributed by atoms with E-state index < -0.39 is 5.60 Å². The zero-order valence-corrected chi connectivity index (χ0v) is 26.9. The van der Waals surface area contributed by atoms with E-state index >= 15 is 0 Å². The van der Waals surface area contributed by atoms with Crippen molar-refractivity contribution in [3.63, 3.8) is 0 Å². The van der Waals surface area contributed by atoms with E-state index in [1.54, 1.807) is 23.5 Å². The summed E-state index contributed by atoms with van der Waals surface area (Å²) in [6.45, 7) is 2.37. The lowest BCUT2D eigenvalue weighted by Gasteiger charge is -2.31. The zero-order valence-electron chi connectivity index (χ0n) is 26.1. The van der Waals surface area contributed by atoms with Crippen molar-refractivity contribution in [2.75, 3.05) is 34.2 Å². The molecule has 0 fully saturated rings. The smallest absolute Gasteiger partial charge is 0.134 e. The van der Waals surface area contributed by atoms with Gasteiger partial charge in [0.25, 0.3) is 0 Å². The molecule has 1 aliphatic rings. The van der Waals surface area contributed by atoms with Gasteiger partial charge in [0.2, 0.25) is 0 Å². The lowest BCUT2D eigenvalue weighted by molar-refractivity contribution is -0.0140. The highest BCUT2D eigenvalue weighted by Crippen LogP contribution is 2.45. The Morgan fingerprint density at radius 1 is 1.02 bits per heavy atom. The van der Waals surface area contributed by atoms with E-state index in [2.05, 4.69) is 76.3 Å². The number of thiophene rings is 1. The summed E-state index contributed by atoms with van der Waals surface area (Å²) in [5, 5.41) is 16.8. The van der Waals surface area contributed by atoms with Crippen LogP contribution >= 0.6 is 11.3 Å². The van der Waals surface area contributed by atoms with Crippen LogP contribution in [0.1, 0.15) is 52.5 Å². The molecule has 1 aliphatic heterocycles. The molecule has 4 aromatic carbocycles. The minimum atomic E-state index is -0.562. The molecule has 1 unspecified atom stereocenters. The van der Waals surface area contributed by atoms with Crippen molar-refractivity contribution in [2.24, 2.45) is 0 Å². The molecule has 0 saturated carbocycles. The summed E-state index contributed by atoms with van der Waals surface area (Å²) in [6.07, 6.45) is 2.84. The van der Waals surface area contributed by atoms with Crippen LogP contribution in [0.2, 0.25) is 0 Å². The van der Waals surface area contributed by atoms with Gasteiger partial charge in [0.1, 0.15) is 23.3 Å². The van der Waals surface area contributed by atoms with E-state index in [9.17, 15) is 4.39 Å². The standard InChI is InChI=1S/C20H21FN2O.C18H19NOS/c1-23(2)11-3-10-20(17-5-7-18(21)8-6-17)19-9-4-15(13-22)12-16(19)14-24-20;1-19-12-11-17(18-10-5-13-21-18)20-16-9-4-7-14-6-2-3-8-15(14)16/h4-9,12H,3,10-11,14H2,1-2H3;2-10,13,17,19H,11-12H2,1H3/t;17-/m.0/s1. The Hall–Kier alpha value is -4.06. The maximum Gasteiger partial charge on any atom is 0.134 e. The van der Waals surface area contributed by atoms with Crippen LogP contribution in [0, 0.1) is 17.1 Å². The first-order chi connectivity index (χ1) is 21.9. The van der Waals surface area contributed by atoms with Crippen LogP contribution in [-0.2, 0) is 16.9 Å². The average molecular weight is 622 g/mol. The molecule has 0 saturated heterocycles. The first kappa shape index (κ1) is 32.3. The van der Waals surface area contributed by atoms with Crippen molar-refractivity contribution in [2.45, 2.75) is 37.6 Å². The Kier molecular flexibility index (Phi) is 11.0. The second-order valence-electron chi connectivity index (χ2n) is 11.5. The highest BCUT2D eigenvalue weighted by atomic mass is 32.1. The third kappa shape index (κ3) is 7.78. The van der Waals surface area contributed by atoms with Crippen LogP contribution in [0.3, 0.4) is 0 Å². The van der Waals surface area contributed by atoms with Gasteiger partial charge in [-0.25, -0.2) is 4.39 Å². The first-order valence-corrected chi connectivity index (χ1v) is 16.2.